The molecule has 5 nitrogen and oxygen atoms in total. The van der Waals surface area contributed by atoms with Gasteiger partial charge in [-0.15, -0.1) is 0 Å². The Balaban J connectivity index is 1.73. The molecule has 2 aromatic carbocycles. The summed E-state index contributed by atoms with van der Waals surface area (Å²) in [6, 6.07) is 9.47. The van der Waals surface area contributed by atoms with Gasteiger partial charge in [-0.05, 0) is 55.7 Å². The zero-order valence-electron chi connectivity index (χ0n) is 14.0. The normalized spacial score (nSPS) is 16.0. The number of fused-ring (bicyclic) bond motifs is 4. The van der Waals surface area contributed by atoms with E-state index in [-0.39, 0.29) is 16.9 Å². The molecule has 5 rings (SSSR count). The van der Waals surface area contributed by atoms with E-state index in [4.69, 9.17) is 0 Å². The first-order chi connectivity index (χ1) is 12.6. The van der Waals surface area contributed by atoms with Gasteiger partial charge < -0.3 is 4.90 Å². The first kappa shape index (κ1) is 15.3. The minimum Gasteiger partial charge on any atom is -0.372 e. The topological polar surface area (TPSA) is 55.2 Å². The van der Waals surface area contributed by atoms with Crippen LogP contribution < -0.4 is 10.5 Å². The Morgan fingerprint density at radius 3 is 2.58 bits per heavy atom. The molecule has 0 N–H and O–H groups in total. The van der Waals surface area contributed by atoms with Gasteiger partial charge >= 0.3 is 0 Å². The molecule has 0 amide bonds. The molecule has 26 heavy (non-hydrogen) atoms. The van der Waals surface area contributed by atoms with Crippen molar-refractivity contribution < 1.29 is 9.18 Å². The third-order valence-corrected chi connectivity index (χ3v) is 5.22. The average Bonchev–Trinajstić information content (AvgIpc) is 2.94. The first-order valence-corrected chi connectivity index (χ1v) is 8.80. The summed E-state index contributed by atoms with van der Waals surface area (Å²) in [4.78, 5) is 32.3. The smallest absolute Gasteiger partial charge is 0.266 e. The molecule has 2 aliphatic rings. The first-order valence-electron chi connectivity index (χ1n) is 8.80. The third-order valence-electron chi connectivity index (χ3n) is 5.22. The molecule has 130 valence electrons. The lowest BCUT2D eigenvalue weighted by molar-refractivity contribution is 0.103. The van der Waals surface area contributed by atoms with Crippen molar-refractivity contribution in [3.05, 3.63) is 64.0 Å². The molecule has 1 saturated heterocycles. The van der Waals surface area contributed by atoms with Crippen molar-refractivity contribution in [1.82, 2.24) is 9.55 Å². The molecular weight excluding hydrogens is 333 g/mol. The largest absolute Gasteiger partial charge is 0.372 e. The fraction of sp³-hybridized carbons (Fsp3) is 0.250. The number of aromatic nitrogens is 2. The highest BCUT2D eigenvalue weighted by atomic mass is 19.1. The second-order valence-electron chi connectivity index (χ2n) is 6.82. The van der Waals surface area contributed by atoms with Gasteiger partial charge in [-0.25, -0.2) is 9.37 Å². The second kappa shape index (κ2) is 5.49. The van der Waals surface area contributed by atoms with Gasteiger partial charge in [0.25, 0.3) is 5.56 Å². The Kier molecular flexibility index (Phi) is 3.22. The van der Waals surface area contributed by atoms with Crippen LogP contribution in [0.15, 0.2) is 41.2 Å². The van der Waals surface area contributed by atoms with E-state index < -0.39 is 11.6 Å². The molecular formula is C20H16FN3O2. The van der Waals surface area contributed by atoms with Crippen LogP contribution in [-0.4, -0.2) is 28.4 Å². The van der Waals surface area contributed by atoms with Gasteiger partial charge in [-0.3, -0.25) is 14.2 Å². The number of rotatable bonds is 1. The molecule has 3 aromatic rings. The maximum absolute atomic E-state index is 13.5. The summed E-state index contributed by atoms with van der Waals surface area (Å²) in [5, 5.41) is 0.474. The Morgan fingerprint density at radius 2 is 1.77 bits per heavy atom. The van der Waals surface area contributed by atoms with Gasteiger partial charge in [0.05, 0.1) is 22.2 Å². The van der Waals surface area contributed by atoms with Crippen LogP contribution in [0.2, 0.25) is 0 Å². The average molecular weight is 349 g/mol. The van der Waals surface area contributed by atoms with Crippen molar-refractivity contribution in [2.45, 2.75) is 19.3 Å². The molecule has 0 unspecified atom stereocenters. The minimum absolute atomic E-state index is 0.0498. The van der Waals surface area contributed by atoms with Gasteiger partial charge in [-0.1, -0.05) is 0 Å². The van der Waals surface area contributed by atoms with Crippen molar-refractivity contribution in [3.8, 4) is 5.69 Å². The van der Waals surface area contributed by atoms with E-state index in [2.05, 4.69) is 9.88 Å². The molecule has 1 fully saturated rings. The maximum Gasteiger partial charge on any atom is 0.266 e. The highest BCUT2D eigenvalue weighted by molar-refractivity contribution is 6.13. The van der Waals surface area contributed by atoms with Crippen LogP contribution in [0.3, 0.4) is 0 Å². The number of halogens is 1. The lowest BCUT2D eigenvalue weighted by Gasteiger charge is -2.28. The van der Waals surface area contributed by atoms with Crippen LogP contribution in [-0.2, 0) is 0 Å². The SMILES string of the molecule is O=C1c2cc(F)ccc2-n2c1nc1ccc(N3CCCCC3)cc1c2=O. The second-order valence-corrected chi connectivity index (χ2v) is 6.82. The van der Waals surface area contributed by atoms with Crippen molar-refractivity contribution in [2.24, 2.45) is 0 Å². The summed E-state index contributed by atoms with van der Waals surface area (Å²) in [6.45, 7) is 1.96. The molecule has 0 atom stereocenters. The van der Waals surface area contributed by atoms with Crippen LogP contribution >= 0.6 is 0 Å². The van der Waals surface area contributed by atoms with Crippen LogP contribution in [0, 0.1) is 5.82 Å². The summed E-state index contributed by atoms with van der Waals surface area (Å²) >= 11 is 0. The van der Waals surface area contributed by atoms with E-state index in [1.54, 1.807) is 6.07 Å². The Labute approximate surface area is 148 Å². The molecule has 0 bridgehead atoms. The molecule has 0 spiro atoms. The van der Waals surface area contributed by atoms with Crippen LogP contribution in [0.1, 0.15) is 35.4 Å². The summed E-state index contributed by atoms with van der Waals surface area (Å²) in [7, 11) is 0. The Hall–Kier alpha value is -3.02. The van der Waals surface area contributed by atoms with Crippen LogP contribution in [0.25, 0.3) is 16.6 Å². The van der Waals surface area contributed by atoms with Gasteiger partial charge in [0.15, 0.2) is 5.82 Å². The van der Waals surface area contributed by atoms with Crippen LogP contribution in [0.4, 0.5) is 10.1 Å². The molecule has 6 heteroatoms. The number of piperidine rings is 1. The van der Waals surface area contributed by atoms with Crippen molar-refractivity contribution in [1.29, 1.82) is 0 Å². The van der Waals surface area contributed by atoms with Crippen LogP contribution in [0.5, 0.6) is 0 Å². The summed E-state index contributed by atoms with van der Waals surface area (Å²) < 4.78 is 14.8. The number of nitrogens with zero attached hydrogens (tertiary/aromatic N) is 3. The quantitative estimate of drug-likeness (QED) is 0.530. The molecule has 2 aliphatic heterocycles. The van der Waals surface area contributed by atoms with Gasteiger partial charge in [-0.2, -0.15) is 0 Å². The zero-order valence-corrected chi connectivity index (χ0v) is 14.0. The van der Waals surface area contributed by atoms with E-state index in [9.17, 15) is 14.0 Å². The van der Waals surface area contributed by atoms with Gasteiger partial charge in [0, 0.05) is 18.8 Å². The third kappa shape index (κ3) is 2.11. The molecule has 1 aromatic heterocycles. The summed E-state index contributed by atoms with van der Waals surface area (Å²) in [5.74, 6) is -0.873. The standard InChI is InChI=1S/C20H16FN3O2/c21-12-4-7-17-15(10-12)18(25)19-22-16-6-5-13(23-8-2-1-3-9-23)11-14(16)20(26)24(17)19/h4-7,10-11H,1-3,8-9H2. The van der Waals surface area contributed by atoms with Gasteiger partial charge in [0.2, 0.25) is 5.78 Å². The van der Waals surface area contributed by atoms with Gasteiger partial charge in [0.1, 0.15) is 5.82 Å². The number of hydrogen-bond donors (Lipinski definition) is 0. The number of anilines is 1. The summed E-state index contributed by atoms with van der Waals surface area (Å²) in [5.41, 5.74) is 1.78. The minimum atomic E-state index is -0.505. The monoisotopic (exact) mass is 349 g/mol. The van der Waals surface area contributed by atoms with Crippen molar-refractivity contribution in [3.63, 3.8) is 0 Å². The van der Waals surface area contributed by atoms with Crippen molar-refractivity contribution in [2.75, 3.05) is 18.0 Å². The van der Waals surface area contributed by atoms with E-state index in [0.29, 0.717) is 16.6 Å². The van der Waals surface area contributed by atoms with E-state index in [1.807, 2.05) is 12.1 Å². The molecule has 0 aliphatic carbocycles. The fourth-order valence-corrected chi connectivity index (χ4v) is 3.90. The highest BCUT2D eigenvalue weighted by Gasteiger charge is 2.30. The predicted molar refractivity (Wildman–Crippen MR) is 96.8 cm³/mol. The number of hydrogen-bond acceptors (Lipinski definition) is 4. The van der Waals surface area contributed by atoms with Crippen molar-refractivity contribution >= 4 is 22.4 Å². The van der Waals surface area contributed by atoms with E-state index in [0.717, 1.165) is 37.7 Å². The number of carbonyl (C=O) groups is 1. The molecule has 0 saturated carbocycles. The summed E-state index contributed by atoms with van der Waals surface area (Å²) in [6.07, 6.45) is 3.52. The zero-order chi connectivity index (χ0) is 17.8. The maximum atomic E-state index is 13.5. The molecule has 0 radical (unpaired) electrons. The van der Waals surface area contributed by atoms with E-state index in [1.165, 1.54) is 23.1 Å². The lowest BCUT2D eigenvalue weighted by atomic mass is 10.1. The fourth-order valence-electron chi connectivity index (χ4n) is 3.90. The lowest BCUT2D eigenvalue weighted by Crippen LogP contribution is -2.29. The molecule has 3 heterocycles. The number of carbonyl (C=O) groups excluding carboxylic acids is 1. The Bertz CT molecular complexity index is 1130. The Morgan fingerprint density at radius 1 is 0.962 bits per heavy atom. The number of ketones is 1. The predicted octanol–water partition coefficient (Wildman–Crippen LogP) is 3.06. The number of benzene rings is 2. The van der Waals surface area contributed by atoms with E-state index >= 15 is 0 Å². The highest BCUT2D eigenvalue weighted by Crippen LogP contribution is 2.28.